The Morgan fingerprint density at radius 3 is 1.53 bits per heavy atom. The Balaban J connectivity index is 1.26. The van der Waals surface area contributed by atoms with Crippen LogP contribution in [-0.2, 0) is 0 Å². The lowest BCUT2D eigenvalue weighted by molar-refractivity contribution is 0.0926. The number of nitrogens with zero attached hydrogens (tertiary/aromatic N) is 4. The topological polar surface area (TPSA) is 70.5 Å². The third-order valence-corrected chi connectivity index (χ3v) is 11.0. The van der Waals surface area contributed by atoms with E-state index in [2.05, 4.69) is 33.7 Å². The van der Waals surface area contributed by atoms with Crippen LogP contribution in [0.25, 0.3) is 76.8 Å². The van der Waals surface area contributed by atoms with Gasteiger partial charge in [0.1, 0.15) is 0 Å². The minimum atomic E-state index is -0.414. The first-order valence-corrected chi connectivity index (χ1v) is 18.9. The number of aromatic nitrogens is 1. The zero-order valence-corrected chi connectivity index (χ0v) is 30.9. The highest BCUT2D eigenvalue weighted by molar-refractivity contribution is 6.37. The molecule has 9 aromatic rings. The lowest BCUT2D eigenvalue weighted by Gasteiger charge is -2.22. The van der Waals surface area contributed by atoms with Crippen molar-refractivity contribution in [2.75, 3.05) is 4.90 Å². The minimum absolute atomic E-state index is 0.309. The van der Waals surface area contributed by atoms with Crippen LogP contribution in [0.2, 0.25) is 0 Å². The number of hydrogen-bond acceptors (Lipinski definition) is 3. The molecule has 0 fully saturated rings. The highest BCUT2D eigenvalue weighted by Crippen LogP contribution is 2.46. The Labute approximate surface area is 334 Å². The summed E-state index contributed by atoms with van der Waals surface area (Å²) in [5, 5.41) is 11.5. The molecule has 270 valence electrons. The van der Waals surface area contributed by atoms with Gasteiger partial charge in [-0.25, -0.2) is 9.74 Å². The van der Waals surface area contributed by atoms with E-state index in [0.717, 1.165) is 66.3 Å². The van der Waals surface area contributed by atoms with Gasteiger partial charge in [0, 0.05) is 27.5 Å². The number of fused-ring (bicyclic) bond motifs is 4. The first-order valence-electron chi connectivity index (χ1n) is 18.9. The van der Waals surface area contributed by atoms with Crippen molar-refractivity contribution in [2.24, 2.45) is 0 Å². The van der Waals surface area contributed by atoms with Crippen molar-refractivity contribution in [3.63, 3.8) is 0 Å². The molecule has 0 aliphatic carbocycles. The zero-order chi connectivity index (χ0) is 39.3. The molecule has 1 aliphatic heterocycles. The number of nitriles is 1. The predicted octanol–water partition coefficient (Wildman–Crippen LogP) is 12.7. The Kier molecular flexibility index (Phi) is 8.11. The molecule has 0 atom stereocenters. The Morgan fingerprint density at radius 2 is 0.948 bits per heavy atom. The van der Waals surface area contributed by atoms with Crippen LogP contribution in [0, 0.1) is 17.9 Å². The molecule has 0 spiro atoms. The van der Waals surface area contributed by atoms with Crippen LogP contribution in [0.4, 0.5) is 11.4 Å². The number of amides is 2. The quantitative estimate of drug-likeness (QED) is 0.126. The minimum Gasteiger partial charge on any atom is -0.307 e. The van der Waals surface area contributed by atoms with Crippen molar-refractivity contribution in [1.29, 1.82) is 5.26 Å². The van der Waals surface area contributed by atoms with Crippen molar-refractivity contribution < 1.29 is 9.59 Å². The maximum Gasteiger partial charge on any atom is 0.268 e. The second kappa shape index (κ2) is 13.8. The second-order valence-electron chi connectivity index (χ2n) is 14.2. The summed E-state index contributed by atoms with van der Waals surface area (Å²) in [4.78, 5) is 35.1. The van der Waals surface area contributed by atoms with Crippen LogP contribution in [0.1, 0.15) is 26.3 Å². The van der Waals surface area contributed by atoms with Gasteiger partial charge in [-0.05, 0) is 58.1 Å². The van der Waals surface area contributed by atoms with Gasteiger partial charge in [-0.2, -0.15) is 5.26 Å². The maximum atomic E-state index is 15.3. The van der Waals surface area contributed by atoms with Crippen LogP contribution in [0.3, 0.4) is 0 Å². The zero-order valence-electron chi connectivity index (χ0n) is 30.9. The van der Waals surface area contributed by atoms with E-state index in [9.17, 15) is 10.1 Å². The fraction of sp³-hybridized carbons (Fsp3) is 0. The standard InChI is InChI=1S/C52H30N4O2/c1-54-38-30-28-36(29-31-38)41-18-9-20-43-42-19-8-17-40(35-26-24-33(32-53)25-27-35)49(42)55(50(41)43)46-23-11-21-44-48(46)52(58)56(51(44)57)45-22-10-16-39(34-12-4-2-5-13-34)47(45)37-14-6-3-7-15-37/h2-31H. The number of carbonyl (C=O) groups excluding carboxylic acids is 2. The van der Waals surface area contributed by atoms with Crippen molar-refractivity contribution in [1.82, 2.24) is 4.57 Å². The van der Waals surface area contributed by atoms with Crippen LogP contribution in [0.5, 0.6) is 0 Å². The van der Waals surface area contributed by atoms with Crippen molar-refractivity contribution in [2.45, 2.75) is 0 Å². The van der Waals surface area contributed by atoms with Crippen LogP contribution in [-0.4, -0.2) is 16.4 Å². The van der Waals surface area contributed by atoms with Gasteiger partial charge >= 0.3 is 0 Å². The summed E-state index contributed by atoms with van der Waals surface area (Å²) in [5.74, 6) is -0.810. The smallest absolute Gasteiger partial charge is 0.268 e. The maximum absolute atomic E-state index is 15.3. The third kappa shape index (κ3) is 5.33. The summed E-state index contributed by atoms with van der Waals surface area (Å²) >= 11 is 0. The molecule has 0 unspecified atom stereocenters. The number of para-hydroxylation sites is 2. The van der Waals surface area contributed by atoms with E-state index in [-0.39, 0.29) is 0 Å². The normalized spacial score (nSPS) is 12.1. The first kappa shape index (κ1) is 34.2. The third-order valence-electron chi connectivity index (χ3n) is 11.0. The van der Waals surface area contributed by atoms with E-state index in [1.54, 1.807) is 18.2 Å². The fourth-order valence-electron chi connectivity index (χ4n) is 8.43. The van der Waals surface area contributed by atoms with E-state index < -0.39 is 11.8 Å². The largest absolute Gasteiger partial charge is 0.307 e. The van der Waals surface area contributed by atoms with Crippen molar-refractivity contribution >= 4 is 45.0 Å². The average Bonchev–Trinajstić information content (AvgIpc) is 3.77. The number of rotatable bonds is 6. The molecular weight excluding hydrogens is 713 g/mol. The lowest BCUT2D eigenvalue weighted by Crippen LogP contribution is -2.30. The van der Waals surface area contributed by atoms with Gasteiger partial charge in [0.25, 0.3) is 11.8 Å². The average molecular weight is 743 g/mol. The number of imide groups is 1. The number of hydrogen-bond donors (Lipinski definition) is 0. The molecule has 6 heteroatoms. The first-order chi connectivity index (χ1) is 28.6. The Hall–Kier alpha value is -8.32. The highest BCUT2D eigenvalue weighted by atomic mass is 16.2. The number of carbonyl (C=O) groups is 2. The van der Waals surface area contributed by atoms with E-state index in [4.69, 9.17) is 6.57 Å². The van der Waals surface area contributed by atoms with Crippen LogP contribution >= 0.6 is 0 Å². The molecule has 2 heterocycles. The molecule has 0 saturated heterocycles. The molecule has 0 radical (unpaired) electrons. The lowest BCUT2D eigenvalue weighted by atomic mass is 9.92. The Bertz CT molecular complexity index is 3090. The van der Waals surface area contributed by atoms with Gasteiger partial charge in [0.05, 0.1) is 51.7 Å². The van der Waals surface area contributed by atoms with Gasteiger partial charge in [-0.15, -0.1) is 0 Å². The van der Waals surface area contributed by atoms with Crippen LogP contribution < -0.4 is 4.90 Å². The van der Waals surface area contributed by atoms with Gasteiger partial charge in [0.15, 0.2) is 5.69 Å². The molecule has 1 aromatic heterocycles. The van der Waals surface area contributed by atoms with Crippen LogP contribution in [0.15, 0.2) is 182 Å². The highest BCUT2D eigenvalue weighted by Gasteiger charge is 2.41. The molecule has 58 heavy (non-hydrogen) atoms. The van der Waals surface area contributed by atoms with E-state index in [0.29, 0.717) is 33.8 Å². The van der Waals surface area contributed by atoms with Gasteiger partial charge in [-0.3, -0.25) is 9.59 Å². The molecular formula is C52H30N4O2. The summed E-state index contributed by atoms with van der Waals surface area (Å²) < 4.78 is 2.13. The van der Waals surface area contributed by atoms with Gasteiger partial charge in [-0.1, -0.05) is 152 Å². The molecule has 0 N–H and O–H groups in total. The molecule has 6 nitrogen and oxygen atoms in total. The molecule has 8 aromatic carbocycles. The number of anilines is 1. The summed E-state index contributed by atoms with van der Waals surface area (Å²) in [6.07, 6.45) is 0. The molecule has 0 bridgehead atoms. The predicted molar refractivity (Wildman–Crippen MR) is 231 cm³/mol. The summed E-state index contributed by atoms with van der Waals surface area (Å²) in [6.45, 7) is 7.54. The fourth-order valence-corrected chi connectivity index (χ4v) is 8.43. The summed E-state index contributed by atoms with van der Waals surface area (Å²) in [7, 11) is 0. The van der Waals surface area contributed by atoms with Crippen molar-refractivity contribution in [3.05, 3.63) is 210 Å². The van der Waals surface area contributed by atoms with E-state index in [1.807, 2.05) is 146 Å². The van der Waals surface area contributed by atoms with Crippen molar-refractivity contribution in [3.8, 4) is 56.3 Å². The summed E-state index contributed by atoms with van der Waals surface area (Å²) in [5.41, 5.74) is 11.7. The van der Waals surface area contributed by atoms with Gasteiger partial charge in [0.2, 0.25) is 0 Å². The molecule has 2 amide bonds. The van der Waals surface area contributed by atoms with E-state index in [1.165, 1.54) is 4.90 Å². The number of benzene rings is 8. The molecule has 1 aliphatic rings. The Morgan fingerprint density at radius 1 is 0.448 bits per heavy atom. The van der Waals surface area contributed by atoms with Gasteiger partial charge < -0.3 is 4.57 Å². The SMILES string of the molecule is [C-]#[N+]c1ccc(-c2cccc3c4cccc(-c5ccc(C#N)cc5)c4n(-c4cccc5c4C(=O)N(c4cccc(-c6ccccc6)c4-c4ccccc4)C5=O)c23)cc1. The molecule has 10 rings (SSSR count). The monoisotopic (exact) mass is 742 g/mol. The summed E-state index contributed by atoms with van der Waals surface area (Å²) in [6, 6.07) is 60.7. The van der Waals surface area contributed by atoms with E-state index >= 15 is 4.79 Å². The second-order valence-corrected chi connectivity index (χ2v) is 14.2. The molecule has 0 saturated carbocycles.